The molecule has 0 spiro atoms. The number of amides is 1. The van der Waals surface area contributed by atoms with Gasteiger partial charge in [-0.05, 0) is 30.3 Å². The van der Waals surface area contributed by atoms with E-state index >= 15 is 0 Å². The Morgan fingerprint density at radius 2 is 1.93 bits per heavy atom. The fraction of sp³-hybridized carbons (Fsp3) is 0.200. The second-order valence-corrected chi connectivity index (χ2v) is 6.03. The molecule has 2 N–H and O–H groups in total. The zero-order valence-corrected chi connectivity index (χ0v) is 14.8. The molecule has 7 nitrogen and oxygen atoms in total. The first-order chi connectivity index (χ1) is 13.2. The van der Waals surface area contributed by atoms with Gasteiger partial charge in [-0.3, -0.25) is 9.89 Å². The molecule has 4 rings (SSSR count). The van der Waals surface area contributed by atoms with Gasteiger partial charge in [0.15, 0.2) is 11.5 Å². The van der Waals surface area contributed by atoms with Crippen LogP contribution in [0.3, 0.4) is 0 Å². The summed E-state index contributed by atoms with van der Waals surface area (Å²) in [6, 6.07) is 14.5. The van der Waals surface area contributed by atoms with Crippen LogP contribution >= 0.6 is 0 Å². The van der Waals surface area contributed by atoms with Crippen molar-refractivity contribution in [1.82, 2.24) is 10.2 Å². The van der Waals surface area contributed by atoms with Crippen LogP contribution in [0.2, 0.25) is 0 Å². The number of rotatable bonds is 4. The summed E-state index contributed by atoms with van der Waals surface area (Å²) >= 11 is 0. The fourth-order valence-corrected chi connectivity index (χ4v) is 2.87. The molecule has 7 heteroatoms. The summed E-state index contributed by atoms with van der Waals surface area (Å²) in [5.41, 5.74) is 2.42. The molecule has 1 aliphatic rings. The van der Waals surface area contributed by atoms with E-state index in [9.17, 15) is 4.79 Å². The zero-order chi connectivity index (χ0) is 18.6. The Balaban J connectivity index is 1.53. The van der Waals surface area contributed by atoms with E-state index in [0.29, 0.717) is 47.5 Å². The number of methoxy groups -OCH3 is 1. The van der Waals surface area contributed by atoms with Crippen LogP contribution in [0, 0.1) is 0 Å². The minimum atomic E-state index is -0.293. The number of para-hydroxylation sites is 1. The van der Waals surface area contributed by atoms with E-state index in [1.165, 1.54) is 0 Å². The number of ether oxygens (including phenoxy) is 3. The molecule has 2 heterocycles. The molecular weight excluding hydrogens is 346 g/mol. The Kier molecular flexibility index (Phi) is 4.65. The Morgan fingerprint density at radius 1 is 1.11 bits per heavy atom. The number of fused-ring (bicyclic) bond motifs is 1. The van der Waals surface area contributed by atoms with Gasteiger partial charge < -0.3 is 19.5 Å². The number of hydrogen-bond acceptors (Lipinski definition) is 5. The van der Waals surface area contributed by atoms with Crippen LogP contribution in [0.1, 0.15) is 16.9 Å². The smallest absolute Gasteiger partial charge is 0.273 e. The molecule has 0 saturated heterocycles. The third-order valence-electron chi connectivity index (χ3n) is 4.21. The summed E-state index contributed by atoms with van der Waals surface area (Å²) in [5.74, 6) is 1.71. The van der Waals surface area contributed by atoms with Gasteiger partial charge in [0.05, 0.1) is 26.0 Å². The van der Waals surface area contributed by atoms with Gasteiger partial charge in [-0.2, -0.15) is 5.10 Å². The average molecular weight is 365 g/mol. The van der Waals surface area contributed by atoms with Crippen molar-refractivity contribution in [3.63, 3.8) is 0 Å². The van der Waals surface area contributed by atoms with Crippen molar-refractivity contribution >= 4 is 11.6 Å². The lowest BCUT2D eigenvalue weighted by atomic mass is 10.1. The quantitative estimate of drug-likeness (QED) is 0.739. The molecular formula is C20H19N3O4. The number of H-pyrrole nitrogens is 1. The first kappa shape index (κ1) is 17.0. The first-order valence-corrected chi connectivity index (χ1v) is 8.64. The number of nitrogens with one attached hydrogen (secondary N) is 2. The molecule has 0 fully saturated rings. The van der Waals surface area contributed by atoms with Crippen LogP contribution in [-0.2, 0) is 0 Å². The number of nitrogens with zero attached hydrogens (tertiary/aromatic N) is 1. The summed E-state index contributed by atoms with van der Waals surface area (Å²) in [5, 5.41) is 9.85. The lowest BCUT2D eigenvalue weighted by molar-refractivity contribution is 0.102. The summed E-state index contributed by atoms with van der Waals surface area (Å²) in [6.45, 7) is 1.21. The second kappa shape index (κ2) is 7.41. The number of carbonyl (C=O) groups excluding carboxylic acids is 1. The van der Waals surface area contributed by atoms with Gasteiger partial charge in [0.25, 0.3) is 5.91 Å². The van der Waals surface area contributed by atoms with Crippen molar-refractivity contribution < 1.29 is 19.0 Å². The number of benzene rings is 2. The monoisotopic (exact) mass is 365 g/mol. The van der Waals surface area contributed by atoms with E-state index in [-0.39, 0.29) is 5.91 Å². The van der Waals surface area contributed by atoms with Crippen LogP contribution < -0.4 is 19.5 Å². The van der Waals surface area contributed by atoms with Crippen LogP contribution in [-0.4, -0.2) is 36.4 Å². The van der Waals surface area contributed by atoms with E-state index in [4.69, 9.17) is 14.2 Å². The second-order valence-electron chi connectivity index (χ2n) is 6.03. The van der Waals surface area contributed by atoms with Crippen molar-refractivity contribution in [3.05, 3.63) is 54.2 Å². The molecule has 0 saturated carbocycles. The third kappa shape index (κ3) is 3.57. The van der Waals surface area contributed by atoms with Crippen LogP contribution in [0.4, 0.5) is 5.69 Å². The van der Waals surface area contributed by atoms with Crippen molar-refractivity contribution in [1.29, 1.82) is 0 Å². The minimum absolute atomic E-state index is 0.293. The fourth-order valence-electron chi connectivity index (χ4n) is 2.87. The Hall–Kier alpha value is -3.48. The van der Waals surface area contributed by atoms with Crippen LogP contribution in [0.15, 0.2) is 48.5 Å². The Morgan fingerprint density at radius 3 is 2.78 bits per heavy atom. The third-order valence-corrected chi connectivity index (χ3v) is 4.21. The maximum Gasteiger partial charge on any atom is 0.273 e. The molecule has 2 aromatic carbocycles. The highest BCUT2D eigenvalue weighted by Gasteiger charge is 2.16. The summed E-state index contributed by atoms with van der Waals surface area (Å²) in [6.07, 6.45) is 0.830. The lowest BCUT2D eigenvalue weighted by Gasteiger charge is -2.09. The number of carbonyl (C=O) groups is 1. The molecule has 27 heavy (non-hydrogen) atoms. The minimum Gasteiger partial charge on any atom is -0.496 e. The predicted octanol–water partition coefficient (Wildman–Crippen LogP) is 3.50. The van der Waals surface area contributed by atoms with Crippen LogP contribution in [0.5, 0.6) is 17.2 Å². The van der Waals surface area contributed by atoms with Gasteiger partial charge in [0.1, 0.15) is 11.4 Å². The molecule has 1 amide bonds. The molecule has 0 radical (unpaired) electrons. The topological polar surface area (TPSA) is 85.5 Å². The van der Waals surface area contributed by atoms with E-state index in [1.54, 1.807) is 31.4 Å². The van der Waals surface area contributed by atoms with Crippen molar-refractivity contribution in [3.8, 4) is 28.5 Å². The molecule has 1 aromatic heterocycles. The van der Waals surface area contributed by atoms with Gasteiger partial charge in [0.2, 0.25) is 0 Å². The predicted molar refractivity (Wildman–Crippen MR) is 101 cm³/mol. The van der Waals surface area contributed by atoms with E-state index in [2.05, 4.69) is 15.5 Å². The van der Waals surface area contributed by atoms with Crippen molar-refractivity contribution in [2.45, 2.75) is 6.42 Å². The summed E-state index contributed by atoms with van der Waals surface area (Å²) < 4.78 is 16.6. The van der Waals surface area contributed by atoms with Crippen molar-refractivity contribution in [2.75, 3.05) is 25.6 Å². The molecule has 1 aliphatic heterocycles. The maximum atomic E-state index is 12.6. The van der Waals surface area contributed by atoms with Gasteiger partial charge >= 0.3 is 0 Å². The van der Waals surface area contributed by atoms with E-state index in [0.717, 1.165) is 12.0 Å². The molecule has 138 valence electrons. The van der Waals surface area contributed by atoms with Gasteiger partial charge in [-0.25, -0.2) is 0 Å². The lowest BCUT2D eigenvalue weighted by Crippen LogP contribution is -2.12. The average Bonchev–Trinajstić information content (AvgIpc) is 3.08. The molecule has 0 aliphatic carbocycles. The van der Waals surface area contributed by atoms with E-state index < -0.39 is 0 Å². The Labute approximate surface area is 156 Å². The summed E-state index contributed by atoms with van der Waals surface area (Å²) in [4.78, 5) is 12.6. The highest BCUT2D eigenvalue weighted by molar-refractivity contribution is 6.03. The highest BCUT2D eigenvalue weighted by atomic mass is 16.5. The van der Waals surface area contributed by atoms with Gasteiger partial charge in [-0.1, -0.05) is 12.1 Å². The maximum absolute atomic E-state index is 12.6. The molecule has 0 unspecified atom stereocenters. The highest BCUT2D eigenvalue weighted by Crippen LogP contribution is 2.32. The Bertz CT molecular complexity index is 967. The van der Waals surface area contributed by atoms with Crippen LogP contribution in [0.25, 0.3) is 11.3 Å². The van der Waals surface area contributed by atoms with Gasteiger partial charge in [-0.15, -0.1) is 0 Å². The summed E-state index contributed by atoms with van der Waals surface area (Å²) in [7, 11) is 1.60. The van der Waals surface area contributed by atoms with Gasteiger partial charge in [0, 0.05) is 23.7 Å². The molecule has 3 aromatic rings. The number of aromatic nitrogens is 2. The standard InChI is InChI=1S/C20H19N3O4/c1-25-17-6-3-2-5-14(17)15-12-16(23-22-15)20(24)21-13-7-8-18-19(11-13)27-10-4-9-26-18/h2-3,5-8,11-12H,4,9-10H2,1H3,(H,21,24)(H,22,23). The number of anilines is 1. The first-order valence-electron chi connectivity index (χ1n) is 8.64. The molecule has 0 atom stereocenters. The number of hydrogen-bond donors (Lipinski definition) is 2. The number of aromatic amines is 1. The SMILES string of the molecule is COc1ccccc1-c1cc(C(=O)Nc2ccc3c(c2)OCCCO3)[nH]n1. The zero-order valence-electron chi connectivity index (χ0n) is 14.8. The van der Waals surface area contributed by atoms with Crippen molar-refractivity contribution in [2.24, 2.45) is 0 Å². The van der Waals surface area contributed by atoms with E-state index in [1.807, 2.05) is 24.3 Å². The molecule has 0 bridgehead atoms. The largest absolute Gasteiger partial charge is 0.496 e. The normalized spacial score (nSPS) is 12.9.